The maximum atomic E-state index is 11.2. The van der Waals surface area contributed by atoms with Gasteiger partial charge in [-0.25, -0.2) is 14.5 Å². The molecule has 0 aliphatic carbocycles. The molecule has 2 atom stereocenters. The summed E-state index contributed by atoms with van der Waals surface area (Å²) in [4.78, 5) is 31.8. The van der Waals surface area contributed by atoms with Gasteiger partial charge in [-0.05, 0) is 31.4 Å². The molecule has 0 aliphatic heterocycles. The summed E-state index contributed by atoms with van der Waals surface area (Å²) in [5, 5.41) is 21.7. The second-order valence-corrected chi connectivity index (χ2v) is 11.3. The summed E-state index contributed by atoms with van der Waals surface area (Å²) in [5.74, 6) is 0.783. The van der Waals surface area contributed by atoms with Crippen molar-refractivity contribution in [1.29, 1.82) is 5.41 Å². The van der Waals surface area contributed by atoms with Crippen LogP contribution in [0.25, 0.3) is 10.3 Å². The Morgan fingerprint density at radius 1 is 1.30 bits per heavy atom. The Bertz CT molecular complexity index is 1180. The van der Waals surface area contributed by atoms with Gasteiger partial charge in [0.15, 0.2) is 21.4 Å². The number of phosphoric acid groups is 1. The normalized spacial score (nSPS) is 14.0. The molecule has 0 saturated heterocycles. The number of fused-ring (bicyclic) bond motifs is 1. The van der Waals surface area contributed by atoms with Gasteiger partial charge in [0.25, 0.3) is 0 Å². The van der Waals surface area contributed by atoms with Crippen molar-refractivity contribution in [2.24, 2.45) is 5.92 Å². The van der Waals surface area contributed by atoms with Gasteiger partial charge in [0.05, 0.1) is 23.6 Å². The lowest BCUT2D eigenvalue weighted by Gasteiger charge is -2.20. The van der Waals surface area contributed by atoms with E-state index in [0.717, 1.165) is 17.0 Å². The molecule has 1 unspecified atom stereocenters. The molecule has 0 amide bonds. The Hall–Kier alpha value is -1.86. The first-order chi connectivity index (χ1) is 15.6. The largest absolute Gasteiger partial charge is 0.471 e. The molecule has 11 nitrogen and oxygen atoms in total. The van der Waals surface area contributed by atoms with Gasteiger partial charge in [0.1, 0.15) is 11.4 Å². The van der Waals surface area contributed by atoms with Gasteiger partial charge in [0, 0.05) is 6.20 Å². The fraction of sp³-hybridized carbons (Fsp3) is 0.474. The lowest BCUT2D eigenvalue weighted by molar-refractivity contribution is 0.154. The molecule has 0 aromatic carbocycles. The van der Waals surface area contributed by atoms with E-state index in [4.69, 9.17) is 15.2 Å². The predicted molar refractivity (Wildman–Crippen MR) is 127 cm³/mol. The van der Waals surface area contributed by atoms with E-state index in [1.807, 2.05) is 25.1 Å². The Morgan fingerprint density at radius 3 is 2.67 bits per heavy atom. The van der Waals surface area contributed by atoms with Crippen molar-refractivity contribution < 1.29 is 24.0 Å². The standard InChI is InChI=1S/C19H27N6O5PS2/c1-11(2)8-13(9-26)22-16-15-17(25(18(20)33-15)10-30-31(27,28)29)24-19(23-16)32-12(3)14-6-4-5-7-21-14/h4-7,11-13,20,26H,8-10H2,1-3H3,(H,22,23,24)(H2,27,28,29)/t12?,13-/m1/s1. The number of hydrogen-bond acceptors (Lipinski definition) is 10. The smallest absolute Gasteiger partial charge is 0.394 e. The number of pyridine rings is 1. The number of thiazole rings is 1. The van der Waals surface area contributed by atoms with Crippen molar-refractivity contribution >= 4 is 47.1 Å². The van der Waals surface area contributed by atoms with Gasteiger partial charge in [-0.15, -0.1) is 0 Å². The average molecular weight is 515 g/mol. The van der Waals surface area contributed by atoms with E-state index in [1.165, 1.54) is 16.3 Å². The summed E-state index contributed by atoms with van der Waals surface area (Å²) in [5.41, 5.74) is 1.16. The number of phosphoric ester groups is 1. The van der Waals surface area contributed by atoms with E-state index in [0.29, 0.717) is 33.7 Å². The first-order valence-electron chi connectivity index (χ1n) is 10.2. The van der Waals surface area contributed by atoms with E-state index >= 15 is 0 Å². The zero-order chi connectivity index (χ0) is 24.2. The molecule has 33 heavy (non-hydrogen) atoms. The highest BCUT2D eigenvalue weighted by Crippen LogP contribution is 2.38. The van der Waals surface area contributed by atoms with Crippen molar-refractivity contribution in [3.05, 3.63) is 34.9 Å². The molecular formula is C19H27N6O5PS2. The van der Waals surface area contributed by atoms with Crippen molar-refractivity contribution in [2.75, 3.05) is 11.9 Å². The van der Waals surface area contributed by atoms with Crippen LogP contribution in [0, 0.1) is 11.3 Å². The minimum atomic E-state index is -4.74. The fourth-order valence-electron chi connectivity index (χ4n) is 3.12. The number of aliphatic hydroxyl groups excluding tert-OH is 1. The van der Waals surface area contributed by atoms with Gasteiger partial charge >= 0.3 is 7.82 Å². The van der Waals surface area contributed by atoms with Crippen LogP contribution >= 0.6 is 30.9 Å². The van der Waals surface area contributed by atoms with E-state index in [-0.39, 0.29) is 22.7 Å². The van der Waals surface area contributed by atoms with Crippen LogP contribution in [0.3, 0.4) is 0 Å². The average Bonchev–Trinajstić information content (AvgIpc) is 3.06. The second-order valence-electron chi connectivity index (χ2n) is 7.76. The highest BCUT2D eigenvalue weighted by Gasteiger charge is 2.22. The van der Waals surface area contributed by atoms with Gasteiger partial charge < -0.3 is 20.2 Å². The topological polar surface area (TPSA) is 166 Å². The summed E-state index contributed by atoms with van der Waals surface area (Å²) < 4.78 is 17.6. The quantitative estimate of drug-likeness (QED) is 0.146. The maximum Gasteiger partial charge on any atom is 0.471 e. The lowest BCUT2D eigenvalue weighted by atomic mass is 10.0. The zero-order valence-corrected chi connectivity index (χ0v) is 20.9. The van der Waals surface area contributed by atoms with Gasteiger partial charge in [-0.2, -0.15) is 0 Å². The Morgan fingerprint density at radius 2 is 2.06 bits per heavy atom. The first kappa shape index (κ1) is 25.8. The molecule has 0 saturated carbocycles. The zero-order valence-electron chi connectivity index (χ0n) is 18.4. The molecule has 0 radical (unpaired) electrons. The fourth-order valence-corrected chi connectivity index (χ4v) is 5.14. The summed E-state index contributed by atoms with van der Waals surface area (Å²) in [6, 6.07) is 5.37. The number of aromatic nitrogens is 4. The Kier molecular flexibility index (Phi) is 8.62. The second kappa shape index (κ2) is 11.0. The molecule has 3 aromatic rings. The van der Waals surface area contributed by atoms with Gasteiger partial charge in [-0.3, -0.25) is 19.5 Å². The van der Waals surface area contributed by atoms with Crippen molar-refractivity contribution in [3.8, 4) is 0 Å². The number of rotatable bonds is 11. The highest BCUT2D eigenvalue weighted by atomic mass is 32.2. The number of anilines is 1. The highest BCUT2D eigenvalue weighted by molar-refractivity contribution is 7.99. The molecule has 5 N–H and O–H groups in total. The van der Waals surface area contributed by atoms with E-state index in [2.05, 4.69) is 38.6 Å². The minimum absolute atomic E-state index is 0.000123. The molecule has 180 valence electrons. The number of nitrogens with one attached hydrogen (secondary N) is 2. The molecule has 0 spiro atoms. The maximum absolute atomic E-state index is 11.2. The van der Waals surface area contributed by atoms with Crippen molar-refractivity contribution in [3.63, 3.8) is 0 Å². The van der Waals surface area contributed by atoms with E-state index in [9.17, 15) is 9.67 Å². The van der Waals surface area contributed by atoms with Crippen LogP contribution in [-0.2, 0) is 15.8 Å². The van der Waals surface area contributed by atoms with Crippen LogP contribution in [0.15, 0.2) is 29.6 Å². The molecular weight excluding hydrogens is 487 g/mol. The SMILES string of the molecule is CC(C)C[C@H](CO)Nc1nc(SC(C)c2ccccn2)nc2c1sc(=N)n2COP(=O)(O)O. The van der Waals surface area contributed by atoms with Crippen LogP contribution in [0.4, 0.5) is 5.82 Å². The third kappa shape index (κ3) is 7.06. The van der Waals surface area contributed by atoms with Gasteiger partial charge in [-0.1, -0.05) is 43.0 Å². The summed E-state index contributed by atoms with van der Waals surface area (Å²) in [6.07, 6.45) is 2.41. The monoisotopic (exact) mass is 514 g/mol. The third-order valence-electron chi connectivity index (χ3n) is 4.59. The predicted octanol–water partition coefficient (Wildman–Crippen LogP) is 3.11. The van der Waals surface area contributed by atoms with E-state index in [1.54, 1.807) is 6.20 Å². The molecule has 0 fully saturated rings. The lowest BCUT2D eigenvalue weighted by Crippen LogP contribution is -2.26. The van der Waals surface area contributed by atoms with Crippen LogP contribution in [0.1, 0.15) is 38.1 Å². The molecule has 0 aliphatic rings. The van der Waals surface area contributed by atoms with Gasteiger partial charge in [0.2, 0.25) is 0 Å². The van der Waals surface area contributed by atoms with Crippen molar-refractivity contribution in [1.82, 2.24) is 19.5 Å². The Balaban J connectivity index is 2.04. The number of hydrogen-bond donors (Lipinski definition) is 5. The summed E-state index contributed by atoms with van der Waals surface area (Å²) in [6.45, 7) is 5.44. The van der Waals surface area contributed by atoms with E-state index < -0.39 is 14.6 Å². The minimum Gasteiger partial charge on any atom is -0.394 e. The third-order valence-corrected chi connectivity index (χ3v) is 7.02. The summed E-state index contributed by atoms with van der Waals surface area (Å²) >= 11 is 2.42. The molecule has 0 bridgehead atoms. The number of aliphatic hydroxyl groups is 1. The summed E-state index contributed by atoms with van der Waals surface area (Å²) in [7, 11) is -4.74. The van der Waals surface area contributed by atoms with Crippen LogP contribution in [0.5, 0.6) is 0 Å². The van der Waals surface area contributed by atoms with Crippen LogP contribution in [-0.4, -0.2) is 47.1 Å². The molecule has 14 heteroatoms. The number of nitrogens with zero attached hydrogens (tertiary/aromatic N) is 4. The number of thioether (sulfide) groups is 1. The first-order valence-corrected chi connectivity index (χ1v) is 13.4. The molecule has 3 rings (SSSR count). The molecule has 3 aromatic heterocycles. The van der Waals surface area contributed by atoms with Crippen LogP contribution in [0.2, 0.25) is 0 Å². The van der Waals surface area contributed by atoms with Crippen LogP contribution < -0.4 is 10.1 Å². The van der Waals surface area contributed by atoms with Crippen molar-refractivity contribution in [2.45, 2.75) is 50.4 Å². The Labute approximate surface area is 199 Å². The molecule has 3 heterocycles.